The van der Waals surface area contributed by atoms with Gasteiger partial charge in [0.05, 0.1) is 13.7 Å². The van der Waals surface area contributed by atoms with Gasteiger partial charge in [-0.3, -0.25) is 9.69 Å². The normalized spacial score (nSPS) is 18.7. The number of halogens is 1. The number of carbonyl (C=O) groups is 2. The fourth-order valence-electron chi connectivity index (χ4n) is 3.56. The highest BCUT2D eigenvalue weighted by Crippen LogP contribution is 2.34. The number of ether oxygens (including phenoxy) is 2. The summed E-state index contributed by atoms with van der Waals surface area (Å²) in [5, 5.41) is 3.54. The van der Waals surface area contributed by atoms with Crippen LogP contribution in [0.5, 0.6) is 11.5 Å². The second-order valence-electron chi connectivity index (χ2n) is 6.99. The Kier molecular flexibility index (Phi) is 6.33. The third-order valence-corrected chi connectivity index (χ3v) is 5.45. The minimum Gasteiger partial charge on any atom is -0.496 e. The molecule has 2 aromatic rings. The quantitative estimate of drug-likeness (QED) is 0.515. The minimum absolute atomic E-state index is 0.235. The van der Waals surface area contributed by atoms with Gasteiger partial charge in [0.15, 0.2) is 0 Å². The van der Waals surface area contributed by atoms with Crippen molar-refractivity contribution in [2.24, 2.45) is 0 Å². The third kappa shape index (κ3) is 4.17. The Labute approximate surface area is 175 Å². The van der Waals surface area contributed by atoms with Gasteiger partial charge in [-0.05, 0) is 67.3 Å². The number of carbonyl (C=O) groups excluding carboxylic acids is 2. The van der Waals surface area contributed by atoms with E-state index in [2.05, 4.69) is 5.32 Å². The first kappa shape index (κ1) is 21.0. The van der Waals surface area contributed by atoms with E-state index in [1.54, 1.807) is 31.4 Å². The minimum atomic E-state index is -1.05. The maximum absolute atomic E-state index is 13.2. The van der Waals surface area contributed by atoms with E-state index < -0.39 is 5.54 Å². The van der Waals surface area contributed by atoms with E-state index in [1.165, 1.54) is 4.90 Å². The van der Waals surface area contributed by atoms with Crippen molar-refractivity contribution in [2.45, 2.75) is 32.2 Å². The predicted molar refractivity (Wildman–Crippen MR) is 112 cm³/mol. The summed E-state index contributed by atoms with van der Waals surface area (Å²) in [6, 6.07) is 12.2. The SMILES string of the molecule is CCC1(c2ccc(OC)c(C)c2)NC(=O)N(CCCOc2ccc(Cl)cc2)C1=O. The van der Waals surface area contributed by atoms with Crippen molar-refractivity contribution in [3.8, 4) is 11.5 Å². The molecule has 1 aliphatic rings. The number of nitrogens with zero attached hydrogens (tertiary/aromatic N) is 1. The van der Waals surface area contributed by atoms with Crippen LogP contribution < -0.4 is 14.8 Å². The standard InChI is InChI=1S/C22H25ClN2O4/c1-4-22(16-6-11-19(28-3)15(2)14-16)20(26)25(21(27)24-22)12-5-13-29-18-9-7-17(23)8-10-18/h6-11,14H,4-5,12-13H2,1-3H3,(H,24,27). The molecule has 29 heavy (non-hydrogen) atoms. The second kappa shape index (κ2) is 8.74. The Morgan fingerprint density at radius 2 is 1.86 bits per heavy atom. The van der Waals surface area contributed by atoms with E-state index in [0.717, 1.165) is 16.9 Å². The smallest absolute Gasteiger partial charge is 0.325 e. The van der Waals surface area contributed by atoms with Crippen molar-refractivity contribution in [3.63, 3.8) is 0 Å². The molecule has 0 bridgehead atoms. The lowest BCUT2D eigenvalue weighted by Crippen LogP contribution is -2.43. The zero-order chi connectivity index (χ0) is 21.0. The van der Waals surface area contributed by atoms with E-state index >= 15 is 0 Å². The second-order valence-corrected chi connectivity index (χ2v) is 7.42. The molecule has 0 spiro atoms. The van der Waals surface area contributed by atoms with Crippen LogP contribution in [0.2, 0.25) is 5.02 Å². The van der Waals surface area contributed by atoms with Crippen molar-refractivity contribution in [1.29, 1.82) is 0 Å². The summed E-state index contributed by atoms with van der Waals surface area (Å²) in [6.45, 7) is 4.48. The van der Waals surface area contributed by atoms with Gasteiger partial charge in [0.25, 0.3) is 5.91 Å². The van der Waals surface area contributed by atoms with Gasteiger partial charge in [-0.15, -0.1) is 0 Å². The molecule has 0 aromatic heterocycles. The van der Waals surface area contributed by atoms with Crippen molar-refractivity contribution in [2.75, 3.05) is 20.3 Å². The first-order valence-corrected chi connectivity index (χ1v) is 9.96. The Balaban J connectivity index is 1.67. The fraction of sp³-hybridized carbons (Fsp3) is 0.364. The van der Waals surface area contributed by atoms with E-state index in [9.17, 15) is 9.59 Å². The summed E-state index contributed by atoms with van der Waals surface area (Å²) in [7, 11) is 1.61. The summed E-state index contributed by atoms with van der Waals surface area (Å²) in [5.41, 5.74) is 0.622. The number of aryl methyl sites for hydroxylation is 1. The highest BCUT2D eigenvalue weighted by Gasteiger charge is 2.51. The summed E-state index contributed by atoms with van der Waals surface area (Å²) in [5.74, 6) is 1.21. The van der Waals surface area contributed by atoms with Crippen LogP contribution in [0.3, 0.4) is 0 Å². The van der Waals surface area contributed by atoms with Gasteiger partial charge in [-0.2, -0.15) is 0 Å². The monoisotopic (exact) mass is 416 g/mol. The lowest BCUT2D eigenvalue weighted by Gasteiger charge is -2.26. The van der Waals surface area contributed by atoms with Crippen LogP contribution in [0.15, 0.2) is 42.5 Å². The molecular weight excluding hydrogens is 392 g/mol. The third-order valence-electron chi connectivity index (χ3n) is 5.20. The number of methoxy groups -OCH3 is 1. The zero-order valence-corrected chi connectivity index (χ0v) is 17.6. The molecule has 0 saturated carbocycles. The molecule has 3 rings (SSSR count). The van der Waals surface area contributed by atoms with Gasteiger partial charge in [0.2, 0.25) is 0 Å². The van der Waals surface area contributed by atoms with Crippen LogP contribution >= 0.6 is 11.6 Å². The van der Waals surface area contributed by atoms with Gasteiger partial charge in [-0.25, -0.2) is 4.79 Å². The number of nitrogens with one attached hydrogen (secondary N) is 1. The first-order valence-electron chi connectivity index (χ1n) is 9.59. The van der Waals surface area contributed by atoms with Gasteiger partial charge < -0.3 is 14.8 Å². The van der Waals surface area contributed by atoms with E-state index in [4.69, 9.17) is 21.1 Å². The molecule has 0 radical (unpaired) electrons. The Morgan fingerprint density at radius 3 is 2.48 bits per heavy atom. The fourth-order valence-corrected chi connectivity index (χ4v) is 3.68. The maximum Gasteiger partial charge on any atom is 0.325 e. The molecule has 6 nitrogen and oxygen atoms in total. The topological polar surface area (TPSA) is 67.9 Å². The van der Waals surface area contributed by atoms with Gasteiger partial charge in [0.1, 0.15) is 17.0 Å². The van der Waals surface area contributed by atoms with Crippen LogP contribution in [0.1, 0.15) is 30.9 Å². The van der Waals surface area contributed by atoms with Crippen LogP contribution in [-0.4, -0.2) is 37.1 Å². The average Bonchev–Trinajstić information content (AvgIpc) is 2.97. The van der Waals surface area contributed by atoms with Crippen molar-refractivity contribution >= 4 is 23.5 Å². The summed E-state index contributed by atoms with van der Waals surface area (Å²) in [6.07, 6.45) is 0.990. The van der Waals surface area contributed by atoms with Gasteiger partial charge >= 0.3 is 6.03 Å². The molecule has 2 aromatic carbocycles. The molecule has 154 valence electrons. The van der Waals surface area contributed by atoms with Crippen LogP contribution in [-0.2, 0) is 10.3 Å². The Morgan fingerprint density at radius 1 is 1.14 bits per heavy atom. The van der Waals surface area contributed by atoms with Gasteiger partial charge in [0, 0.05) is 11.6 Å². The Hall–Kier alpha value is -2.73. The lowest BCUT2D eigenvalue weighted by atomic mass is 9.86. The van der Waals surface area contributed by atoms with Crippen molar-refractivity contribution in [1.82, 2.24) is 10.2 Å². The van der Waals surface area contributed by atoms with E-state index in [1.807, 2.05) is 32.0 Å². The number of benzene rings is 2. The molecule has 0 aliphatic carbocycles. The number of amides is 3. The summed E-state index contributed by atoms with van der Waals surface area (Å²) in [4.78, 5) is 27.0. The summed E-state index contributed by atoms with van der Waals surface area (Å²) < 4.78 is 11.0. The van der Waals surface area contributed by atoms with Gasteiger partial charge in [-0.1, -0.05) is 24.6 Å². The number of hydrogen-bond acceptors (Lipinski definition) is 4. The number of hydrogen-bond donors (Lipinski definition) is 1. The molecule has 1 aliphatic heterocycles. The molecule has 1 unspecified atom stereocenters. The molecule has 1 saturated heterocycles. The largest absolute Gasteiger partial charge is 0.496 e. The number of urea groups is 1. The summed E-state index contributed by atoms with van der Waals surface area (Å²) >= 11 is 5.86. The van der Waals surface area contributed by atoms with Crippen LogP contribution in [0.4, 0.5) is 4.79 Å². The maximum atomic E-state index is 13.2. The number of rotatable bonds is 8. The highest BCUT2D eigenvalue weighted by molar-refractivity contribution is 6.30. The molecule has 1 heterocycles. The lowest BCUT2D eigenvalue weighted by molar-refractivity contribution is -0.131. The molecule has 7 heteroatoms. The van der Waals surface area contributed by atoms with Crippen molar-refractivity contribution in [3.05, 3.63) is 58.6 Å². The van der Waals surface area contributed by atoms with Crippen LogP contribution in [0, 0.1) is 6.92 Å². The molecule has 1 N–H and O–H groups in total. The molecular formula is C22H25ClN2O4. The van der Waals surface area contributed by atoms with E-state index in [0.29, 0.717) is 30.2 Å². The average molecular weight is 417 g/mol. The molecule has 3 amide bonds. The zero-order valence-electron chi connectivity index (χ0n) is 16.8. The molecule has 1 fully saturated rings. The predicted octanol–water partition coefficient (Wildman–Crippen LogP) is 4.28. The number of imide groups is 1. The highest BCUT2D eigenvalue weighted by atomic mass is 35.5. The van der Waals surface area contributed by atoms with E-state index in [-0.39, 0.29) is 18.5 Å². The molecule has 1 atom stereocenters. The first-order chi connectivity index (χ1) is 13.9. The van der Waals surface area contributed by atoms with Crippen LogP contribution in [0.25, 0.3) is 0 Å². The van der Waals surface area contributed by atoms with Crippen molar-refractivity contribution < 1.29 is 19.1 Å². The Bertz CT molecular complexity index is 900.